The van der Waals surface area contributed by atoms with Crippen molar-refractivity contribution in [2.45, 2.75) is 64.7 Å². The molecule has 41 heavy (non-hydrogen) atoms. The number of amides is 2. The summed E-state index contributed by atoms with van der Waals surface area (Å²) in [4.78, 5) is 26.4. The van der Waals surface area contributed by atoms with Crippen LogP contribution in [0.2, 0.25) is 0 Å². The number of carbonyl (C=O) groups is 2. The first-order chi connectivity index (χ1) is 19.3. The van der Waals surface area contributed by atoms with Crippen molar-refractivity contribution < 1.29 is 28.9 Å². The first-order valence-electron chi connectivity index (χ1n) is 14.1. The van der Waals surface area contributed by atoms with Crippen LogP contribution < -0.4 is 0 Å². The molecule has 0 unspecified atom stereocenters. The summed E-state index contributed by atoms with van der Waals surface area (Å²) in [6.45, 7) is 15.3. The van der Waals surface area contributed by atoms with Gasteiger partial charge in [-0.25, -0.2) is 9.59 Å². The highest BCUT2D eigenvalue weighted by Crippen LogP contribution is 2.20. The highest BCUT2D eigenvalue weighted by Gasteiger charge is 2.34. The number of alkyl halides is 1. The van der Waals surface area contributed by atoms with Gasteiger partial charge in [-0.2, -0.15) is 0 Å². The van der Waals surface area contributed by atoms with Crippen molar-refractivity contribution in [2.75, 3.05) is 39.4 Å². The molecule has 0 saturated carbocycles. The second-order valence-electron chi connectivity index (χ2n) is 12.3. The largest absolute Gasteiger partial charge is 0.444 e. The Labute approximate surface area is 254 Å². The van der Waals surface area contributed by atoms with E-state index in [0.717, 1.165) is 18.4 Å². The summed E-state index contributed by atoms with van der Waals surface area (Å²) in [5, 5.41) is 9.69. The third kappa shape index (κ3) is 14.2. The molecule has 9 heteroatoms. The lowest BCUT2D eigenvalue weighted by Crippen LogP contribution is -2.53. The van der Waals surface area contributed by atoms with E-state index >= 15 is 0 Å². The molecule has 2 saturated heterocycles. The van der Waals surface area contributed by atoms with Crippen LogP contribution in [0.3, 0.4) is 0 Å². The van der Waals surface area contributed by atoms with Crippen molar-refractivity contribution in [3.8, 4) is 0 Å². The number of likely N-dealkylation sites (tertiary alicyclic amines) is 2. The summed E-state index contributed by atoms with van der Waals surface area (Å²) in [6, 6.07) is 20.4. The zero-order valence-electron chi connectivity index (χ0n) is 25.3. The number of halogens is 1. The maximum Gasteiger partial charge on any atom is 0.410 e. The number of benzene rings is 2. The Balaban J connectivity index is 0.000000239. The van der Waals surface area contributed by atoms with Gasteiger partial charge >= 0.3 is 12.2 Å². The summed E-state index contributed by atoms with van der Waals surface area (Å²) >= 11 is 3.36. The molecule has 2 aromatic carbocycles. The lowest BCUT2D eigenvalue weighted by Gasteiger charge is -2.39. The summed E-state index contributed by atoms with van der Waals surface area (Å²) in [5.41, 5.74) is 1.65. The van der Waals surface area contributed by atoms with Gasteiger partial charge in [-0.05, 0) is 52.7 Å². The van der Waals surface area contributed by atoms with E-state index in [9.17, 15) is 9.59 Å². The Kier molecular flexibility index (Phi) is 14.1. The Hall–Kier alpha value is -2.62. The summed E-state index contributed by atoms with van der Waals surface area (Å²) in [7, 11) is 0. The van der Waals surface area contributed by atoms with Gasteiger partial charge in [0.15, 0.2) is 0 Å². The molecule has 2 aliphatic heterocycles. The van der Waals surface area contributed by atoms with Gasteiger partial charge in [0, 0.05) is 50.0 Å². The van der Waals surface area contributed by atoms with E-state index in [1.54, 1.807) is 9.80 Å². The second-order valence-corrected chi connectivity index (χ2v) is 12.9. The Morgan fingerprint density at radius 2 is 1.17 bits per heavy atom. The molecule has 1 N–H and O–H groups in total. The number of nitrogens with zero attached hydrogens (tertiary/aromatic N) is 2. The number of ether oxygens (including phenoxy) is 3. The van der Waals surface area contributed by atoms with E-state index in [-0.39, 0.29) is 24.7 Å². The number of hydrogen-bond acceptors (Lipinski definition) is 6. The van der Waals surface area contributed by atoms with Crippen molar-refractivity contribution in [2.24, 2.45) is 11.8 Å². The highest BCUT2D eigenvalue weighted by molar-refractivity contribution is 9.08. The molecule has 4 rings (SSSR count). The van der Waals surface area contributed by atoms with Crippen molar-refractivity contribution in [1.29, 1.82) is 0 Å². The van der Waals surface area contributed by atoms with Crippen molar-refractivity contribution in [3.63, 3.8) is 0 Å². The molecule has 228 valence electrons. The third-order valence-electron chi connectivity index (χ3n) is 5.94. The average Bonchev–Trinajstić information content (AvgIpc) is 2.84. The van der Waals surface area contributed by atoms with E-state index in [2.05, 4.69) is 28.1 Å². The van der Waals surface area contributed by atoms with Gasteiger partial charge in [0.2, 0.25) is 0 Å². The number of rotatable bonds is 6. The van der Waals surface area contributed by atoms with Gasteiger partial charge in [-0.1, -0.05) is 76.6 Å². The predicted octanol–water partition coefficient (Wildman–Crippen LogP) is 6.50. The number of carbonyl (C=O) groups excluding carboxylic acids is 2. The smallest absolute Gasteiger partial charge is 0.410 e. The summed E-state index contributed by atoms with van der Waals surface area (Å²) in [6.07, 6.45) is -0.506. The van der Waals surface area contributed by atoms with Crippen LogP contribution in [0.25, 0.3) is 0 Å². The monoisotopic (exact) mass is 634 g/mol. The molecule has 0 spiro atoms. The van der Waals surface area contributed by atoms with Crippen LogP contribution in [0, 0.1) is 11.8 Å². The van der Waals surface area contributed by atoms with Crippen molar-refractivity contribution in [1.82, 2.24) is 9.80 Å². The van der Waals surface area contributed by atoms with Crippen LogP contribution in [-0.2, 0) is 26.1 Å². The molecule has 2 heterocycles. The van der Waals surface area contributed by atoms with Crippen LogP contribution in [-0.4, -0.2) is 77.7 Å². The lowest BCUT2D eigenvalue weighted by atomic mass is 10.0. The van der Waals surface area contributed by atoms with E-state index in [1.165, 1.54) is 11.1 Å². The van der Waals surface area contributed by atoms with E-state index in [0.29, 0.717) is 32.2 Å². The molecule has 0 aliphatic carbocycles. The fourth-order valence-corrected chi connectivity index (χ4v) is 4.17. The lowest BCUT2D eigenvalue weighted by molar-refractivity contribution is -0.0227. The maximum atomic E-state index is 11.7. The minimum atomic E-state index is -0.429. The second kappa shape index (κ2) is 16.7. The zero-order chi connectivity index (χ0) is 30.5. The molecule has 0 radical (unpaired) electrons. The van der Waals surface area contributed by atoms with Gasteiger partial charge in [0.05, 0.1) is 13.2 Å². The van der Waals surface area contributed by atoms with Crippen LogP contribution in [0.15, 0.2) is 60.7 Å². The van der Waals surface area contributed by atoms with Gasteiger partial charge in [-0.15, -0.1) is 0 Å². The fraction of sp³-hybridized carbons (Fsp3) is 0.562. The normalized spacial score (nSPS) is 15.3. The first-order valence-corrected chi connectivity index (χ1v) is 15.2. The van der Waals surface area contributed by atoms with Gasteiger partial charge in [-0.3, -0.25) is 0 Å². The average molecular weight is 636 g/mol. The minimum Gasteiger partial charge on any atom is -0.444 e. The Morgan fingerprint density at radius 1 is 0.756 bits per heavy atom. The van der Waals surface area contributed by atoms with E-state index in [4.69, 9.17) is 19.3 Å². The standard InChI is InChI=1S/C16H23NO3.C9H17NO3.C7H7Br/c1-16(2,3)20-15(18)17-9-14(10-17)12-19-11-13-7-5-4-6-8-13;1-9(2,3)13-8(12)10-4-7(5-10)6-11;8-6-7-4-2-1-3-5-7/h4-8,14H,9-12H2,1-3H3;7,11H,4-6H2,1-3H3;1-5H,6H2. The van der Waals surface area contributed by atoms with Crippen molar-refractivity contribution >= 4 is 28.1 Å². The molecule has 2 aliphatic rings. The maximum absolute atomic E-state index is 11.7. The topological polar surface area (TPSA) is 88.5 Å². The van der Waals surface area contributed by atoms with Crippen LogP contribution in [0.5, 0.6) is 0 Å². The molecule has 2 amide bonds. The zero-order valence-corrected chi connectivity index (χ0v) is 26.9. The van der Waals surface area contributed by atoms with E-state index in [1.807, 2.05) is 90.1 Å². The quantitative estimate of drug-likeness (QED) is 0.365. The number of hydrogen-bond donors (Lipinski definition) is 1. The minimum absolute atomic E-state index is 0.152. The molecule has 8 nitrogen and oxygen atoms in total. The third-order valence-corrected chi connectivity index (χ3v) is 6.59. The summed E-state index contributed by atoms with van der Waals surface area (Å²) < 4.78 is 16.1. The number of aliphatic hydroxyl groups excluding tert-OH is 1. The van der Waals surface area contributed by atoms with Crippen LogP contribution in [0.4, 0.5) is 9.59 Å². The van der Waals surface area contributed by atoms with Gasteiger partial charge in [0.25, 0.3) is 0 Å². The van der Waals surface area contributed by atoms with Crippen LogP contribution in [0.1, 0.15) is 52.7 Å². The Morgan fingerprint density at radius 3 is 1.54 bits per heavy atom. The molecule has 0 aromatic heterocycles. The summed E-state index contributed by atoms with van der Waals surface area (Å²) in [5.74, 6) is 0.666. The van der Waals surface area contributed by atoms with Gasteiger partial charge in [0.1, 0.15) is 11.2 Å². The SMILES string of the molecule is BrCc1ccccc1.CC(C)(C)OC(=O)N1CC(CO)C1.CC(C)(C)OC(=O)N1CC(COCc2ccccc2)C1. The number of aliphatic hydroxyl groups is 1. The van der Waals surface area contributed by atoms with Crippen LogP contribution >= 0.6 is 15.9 Å². The molecule has 2 aromatic rings. The molecular formula is C32H47BrN2O6. The molecule has 0 bridgehead atoms. The van der Waals surface area contributed by atoms with E-state index < -0.39 is 11.2 Å². The fourth-order valence-electron chi connectivity index (χ4n) is 3.80. The van der Waals surface area contributed by atoms with Gasteiger partial charge < -0.3 is 29.1 Å². The predicted molar refractivity (Wildman–Crippen MR) is 165 cm³/mol. The first kappa shape index (κ1) is 34.6. The van der Waals surface area contributed by atoms with Crippen molar-refractivity contribution in [3.05, 3.63) is 71.8 Å². The molecule has 0 atom stereocenters. The molecule has 2 fully saturated rings. The highest BCUT2D eigenvalue weighted by atomic mass is 79.9. The molecular weight excluding hydrogens is 588 g/mol. The Bertz CT molecular complexity index is 1030.